The molecular weight excluding hydrogens is 280 g/mol. The zero-order valence-corrected chi connectivity index (χ0v) is 13.2. The van der Waals surface area contributed by atoms with Crippen molar-refractivity contribution in [2.45, 2.75) is 6.42 Å². The number of hydrogen-bond acceptors (Lipinski definition) is 2. The number of nitrogens with one attached hydrogen (secondary N) is 1. The molecule has 116 valence electrons. The third-order valence-electron chi connectivity index (χ3n) is 3.90. The number of anilines is 1. The maximum absolute atomic E-state index is 5.54. The van der Waals surface area contributed by atoms with Gasteiger partial charge in [0.2, 0.25) is 0 Å². The van der Waals surface area contributed by atoms with E-state index in [1.54, 1.807) is 0 Å². The second-order valence-electron chi connectivity index (χ2n) is 5.59. The lowest BCUT2D eigenvalue weighted by molar-refractivity contribution is 0.874. The molecule has 0 aliphatic carbocycles. The Bertz CT molecular complexity index is 733. The Hall–Kier alpha value is -2.58. The molecule has 3 rings (SSSR count). The minimum absolute atomic E-state index is 0.716. The molecule has 3 N–H and O–H groups in total. The van der Waals surface area contributed by atoms with Gasteiger partial charge in [-0.05, 0) is 47.4 Å². The van der Waals surface area contributed by atoms with Crippen LogP contribution in [0.2, 0.25) is 0 Å². The Morgan fingerprint density at radius 1 is 0.652 bits per heavy atom. The SMILES string of the molecule is NCCCNc1cccc(-c2ccc(-c3ccccc3)cc2)c1. The third-order valence-corrected chi connectivity index (χ3v) is 3.90. The summed E-state index contributed by atoms with van der Waals surface area (Å²) < 4.78 is 0. The van der Waals surface area contributed by atoms with Crippen LogP contribution in [0.5, 0.6) is 0 Å². The van der Waals surface area contributed by atoms with Gasteiger partial charge >= 0.3 is 0 Å². The highest BCUT2D eigenvalue weighted by Crippen LogP contribution is 2.26. The molecule has 0 spiro atoms. The first kappa shape index (κ1) is 15.3. The molecule has 0 fully saturated rings. The molecule has 0 aliphatic heterocycles. The molecule has 0 aliphatic rings. The van der Waals surface area contributed by atoms with Crippen molar-refractivity contribution in [3.8, 4) is 22.3 Å². The fourth-order valence-electron chi connectivity index (χ4n) is 2.63. The highest BCUT2D eigenvalue weighted by Gasteiger charge is 2.01. The summed E-state index contributed by atoms with van der Waals surface area (Å²) in [7, 11) is 0. The van der Waals surface area contributed by atoms with Crippen molar-refractivity contribution >= 4 is 5.69 Å². The van der Waals surface area contributed by atoms with Gasteiger partial charge in [0.25, 0.3) is 0 Å². The van der Waals surface area contributed by atoms with E-state index < -0.39 is 0 Å². The minimum Gasteiger partial charge on any atom is -0.385 e. The van der Waals surface area contributed by atoms with Gasteiger partial charge < -0.3 is 11.1 Å². The van der Waals surface area contributed by atoms with Gasteiger partial charge in [0.1, 0.15) is 0 Å². The highest BCUT2D eigenvalue weighted by molar-refractivity contribution is 5.72. The molecule has 0 saturated carbocycles. The lowest BCUT2D eigenvalue weighted by Crippen LogP contribution is -2.08. The van der Waals surface area contributed by atoms with Crippen LogP contribution >= 0.6 is 0 Å². The van der Waals surface area contributed by atoms with Crippen LogP contribution in [0.4, 0.5) is 5.69 Å². The van der Waals surface area contributed by atoms with Crippen molar-refractivity contribution in [3.63, 3.8) is 0 Å². The molecule has 0 unspecified atom stereocenters. The number of benzene rings is 3. The van der Waals surface area contributed by atoms with Gasteiger partial charge in [0.05, 0.1) is 0 Å². The first-order valence-corrected chi connectivity index (χ1v) is 8.07. The molecule has 0 heterocycles. The molecule has 0 atom stereocenters. The second-order valence-corrected chi connectivity index (χ2v) is 5.59. The van der Waals surface area contributed by atoms with Crippen LogP contribution in [0.25, 0.3) is 22.3 Å². The van der Waals surface area contributed by atoms with Gasteiger partial charge in [-0.3, -0.25) is 0 Å². The van der Waals surface area contributed by atoms with Crippen LogP contribution in [0.1, 0.15) is 6.42 Å². The summed E-state index contributed by atoms with van der Waals surface area (Å²) in [5, 5.41) is 3.41. The van der Waals surface area contributed by atoms with E-state index in [-0.39, 0.29) is 0 Å². The van der Waals surface area contributed by atoms with Gasteiger partial charge in [0.15, 0.2) is 0 Å². The summed E-state index contributed by atoms with van der Waals surface area (Å²) in [5.74, 6) is 0. The van der Waals surface area contributed by atoms with Gasteiger partial charge in [-0.1, -0.05) is 66.7 Å². The van der Waals surface area contributed by atoms with Crippen molar-refractivity contribution in [2.75, 3.05) is 18.4 Å². The maximum atomic E-state index is 5.54. The third kappa shape index (κ3) is 3.99. The smallest absolute Gasteiger partial charge is 0.0346 e. The summed E-state index contributed by atoms with van der Waals surface area (Å²) in [4.78, 5) is 0. The molecule has 0 aromatic heterocycles. The van der Waals surface area contributed by atoms with E-state index in [9.17, 15) is 0 Å². The molecular formula is C21H22N2. The van der Waals surface area contributed by atoms with E-state index in [0.717, 1.165) is 18.7 Å². The largest absolute Gasteiger partial charge is 0.385 e. The number of hydrogen-bond donors (Lipinski definition) is 2. The summed E-state index contributed by atoms with van der Waals surface area (Å²) in [6, 6.07) is 27.7. The zero-order chi connectivity index (χ0) is 15.9. The van der Waals surface area contributed by atoms with Crippen molar-refractivity contribution in [1.82, 2.24) is 0 Å². The van der Waals surface area contributed by atoms with E-state index >= 15 is 0 Å². The fourth-order valence-corrected chi connectivity index (χ4v) is 2.63. The highest BCUT2D eigenvalue weighted by atomic mass is 14.9. The van der Waals surface area contributed by atoms with E-state index in [2.05, 4.69) is 78.1 Å². The Balaban J connectivity index is 1.78. The molecule has 0 radical (unpaired) electrons. The lowest BCUT2D eigenvalue weighted by atomic mass is 10.00. The standard InChI is InChI=1S/C21H22N2/c22-14-5-15-23-21-9-4-8-20(16-21)19-12-10-18(11-13-19)17-6-2-1-3-7-17/h1-4,6-13,16,23H,5,14-15,22H2. The molecule has 2 heteroatoms. The molecule has 2 nitrogen and oxygen atoms in total. The predicted octanol–water partition coefficient (Wildman–Crippen LogP) is 4.78. The average molecular weight is 302 g/mol. The van der Waals surface area contributed by atoms with Crippen molar-refractivity contribution in [2.24, 2.45) is 5.73 Å². The summed E-state index contributed by atoms with van der Waals surface area (Å²) in [5.41, 5.74) is 11.6. The van der Waals surface area contributed by atoms with Gasteiger partial charge in [0, 0.05) is 12.2 Å². The van der Waals surface area contributed by atoms with Crippen molar-refractivity contribution in [3.05, 3.63) is 78.9 Å². The summed E-state index contributed by atoms with van der Waals surface area (Å²) >= 11 is 0. The Morgan fingerprint density at radius 3 is 1.96 bits per heavy atom. The monoisotopic (exact) mass is 302 g/mol. The van der Waals surface area contributed by atoms with Crippen LogP contribution in [-0.4, -0.2) is 13.1 Å². The van der Waals surface area contributed by atoms with E-state index in [1.807, 2.05) is 6.07 Å². The maximum Gasteiger partial charge on any atom is 0.0346 e. The van der Waals surface area contributed by atoms with Crippen molar-refractivity contribution in [1.29, 1.82) is 0 Å². The molecule has 3 aromatic carbocycles. The Morgan fingerprint density at radius 2 is 1.26 bits per heavy atom. The average Bonchev–Trinajstić information content (AvgIpc) is 2.63. The first-order valence-electron chi connectivity index (χ1n) is 8.07. The molecule has 23 heavy (non-hydrogen) atoms. The fraction of sp³-hybridized carbons (Fsp3) is 0.143. The first-order chi connectivity index (χ1) is 11.4. The van der Waals surface area contributed by atoms with Crippen LogP contribution < -0.4 is 11.1 Å². The van der Waals surface area contributed by atoms with Crippen LogP contribution in [0.3, 0.4) is 0 Å². The number of rotatable bonds is 6. The molecule has 0 bridgehead atoms. The zero-order valence-electron chi connectivity index (χ0n) is 13.2. The molecule has 3 aromatic rings. The van der Waals surface area contributed by atoms with Gasteiger partial charge in [-0.15, -0.1) is 0 Å². The number of nitrogens with two attached hydrogens (primary N) is 1. The van der Waals surface area contributed by atoms with E-state index in [0.29, 0.717) is 6.54 Å². The summed E-state index contributed by atoms with van der Waals surface area (Å²) in [6.45, 7) is 1.63. The topological polar surface area (TPSA) is 38.0 Å². The molecule has 0 amide bonds. The normalized spacial score (nSPS) is 10.5. The molecule has 0 saturated heterocycles. The Kier molecular flexibility index (Phi) is 5.07. The summed E-state index contributed by atoms with van der Waals surface area (Å²) in [6.07, 6.45) is 0.982. The van der Waals surface area contributed by atoms with Crippen LogP contribution in [0, 0.1) is 0 Å². The predicted molar refractivity (Wildman–Crippen MR) is 99.5 cm³/mol. The van der Waals surface area contributed by atoms with Crippen molar-refractivity contribution < 1.29 is 0 Å². The minimum atomic E-state index is 0.716. The Labute approximate surface area is 138 Å². The lowest BCUT2D eigenvalue weighted by Gasteiger charge is -2.09. The van der Waals surface area contributed by atoms with Crippen LogP contribution in [-0.2, 0) is 0 Å². The van der Waals surface area contributed by atoms with Gasteiger partial charge in [-0.25, -0.2) is 0 Å². The van der Waals surface area contributed by atoms with Gasteiger partial charge in [-0.2, -0.15) is 0 Å². The van der Waals surface area contributed by atoms with Crippen LogP contribution in [0.15, 0.2) is 78.9 Å². The second kappa shape index (κ2) is 7.61. The van der Waals surface area contributed by atoms with E-state index in [4.69, 9.17) is 5.73 Å². The van der Waals surface area contributed by atoms with E-state index in [1.165, 1.54) is 22.3 Å². The quantitative estimate of drug-likeness (QED) is 0.643.